The number of carbonyl (C=O) groups excluding carboxylic acids is 1. The fraction of sp³-hybridized carbons (Fsp3) is 0.583. The molecular formula is C12H18N4OS. The van der Waals surface area contributed by atoms with Gasteiger partial charge in [-0.1, -0.05) is 12.8 Å². The minimum absolute atomic E-state index is 0.159. The molecule has 98 valence electrons. The normalized spacial score (nSPS) is 23.6. The highest BCUT2D eigenvalue weighted by atomic mass is 32.2. The minimum Gasteiger partial charge on any atom is -0.382 e. The van der Waals surface area contributed by atoms with Crippen molar-refractivity contribution in [3.63, 3.8) is 0 Å². The van der Waals surface area contributed by atoms with Crippen molar-refractivity contribution in [1.82, 2.24) is 15.3 Å². The quantitative estimate of drug-likeness (QED) is 0.865. The number of rotatable bonds is 3. The van der Waals surface area contributed by atoms with Crippen LogP contribution >= 0.6 is 11.8 Å². The van der Waals surface area contributed by atoms with E-state index in [4.69, 9.17) is 5.73 Å². The van der Waals surface area contributed by atoms with Crippen LogP contribution in [0.3, 0.4) is 0 Å². The van der Waals surface area contributed by atoms with Gasteiger partial charge in [-0.15, -0.1) is 0 Å². The Morgan fingerprint density at radius 3 is 2.83 bits per heavy atom. The van der Waals surface area contributed by atoms with Crippen molar-refractivity contribution in [3.8, 4) is 0 Å². The molecule has 1 aromatic rings. The van der Waals surface area contributed by atoms with Gasteiger partial charge in [0.05, 0.1) is 12.4 Å². The Morgan fingerprint density at radius 1 is 1.39 bits per heavy atom. The molecule has 5 nitrogen and oxygen atoms in total. The highest BCUT2D eigenvalue weighted by molar-refractivity contribution is 7.99. The molecule has 0 radical (unpaired) electrons. The molecule has 1 fully saturated rings. The largest absolute Gasteiger partial charge is 0.382 e. The number of nitrogens with one attached hydrogen (secondary N) is 1. The number of hydrogen-bond donors (Lipinski definition) is 2. The maximum absolute atomic E-state index is 12.0. The average Bonchev–Trinajstić information content (AvgIpc) is 2.40. The van der Waals surface area contributed by atoms with Crippen molar-refractivity contribution in [2.45, 2.75) is 37.0 Å². The van der Waals surface area contributed by atoms with Crippen LogP contribution in [0.15, 0.2) is 12.4 Å². The maximum Gasteiger partial charge on any atom is 0.271 e. The Hall–Kier alpha value is -1.30. The van der Waals surface area contributed by atoms with Gasteiger partial charge in [0.15, 0.2) is 0 Å². The van der Waals surface area contributed by atoms with Crippen molar-refractivity contribution >= 4 is 23.5 Å². The summed E-state index contributed by atoms with van der Waals surface area (Å²) in [7, 11) is 0. The van der Waals surface area contributed by atoms with Crippen LogP contribution in [0.4, 0.5) is 5.82 Å². The lowest BCUT2D eigenvalue weighted by molar-refractivity contribution is 0.0924. The molecule has 1 aromatic heterocycles. The Morgan fingerprint density at radius 2 is 2.17 bits per heavy atom. The molecule has 0 bridgehead atoms. The number of amides is 1. The van der Waals surface area contributed by atoms with Crippen LogP contribution < -0.4 is 11.1 Å². The molecule has 0 aromatic carbocycles. The summed E-state index contributed by atoms with van der Waals surface area (Å²) in [4.78, 5) is 19.9. The van der Waals surface area contributed by atoms with Gasteiger partial charge in [-0.2, -0.15) is 11.8 Å². The van der Waals surface area contributed by atoms with Gasteiger partial charge in [-0.25, -0.2) is 9.97 Å². The Balaban J connectivity index is 1.99. The van der Waals surface area contributed by atoms with Crippen LogP contribution in [-0.4, -0.2) is 33.4 Å². The number of hydrogen-bond acceptors (Lipinski definition) is 5. The van der Waals surface area contributed by atoms with Gasteiger partial charge >= 0.3 is 0 Å². The van der Waals surface area contributed by atoms with Gasteiger partial charge in [0.2, 0.25) is 0 Å². The molecule has 0 aliphatic heterocycles. The summed E-state index contributed by atoms with van der Waals surface area (Å²) in [5, 5.41) is 3.56. The summed E-state index contributed by atoms with van der Waals surface area (Å²) in [6, 6.07) is 0.237. The number of nitrogen functional groups attached to an aromatic ring is 1. The standard InChI is InChI=1S/C12H18N4OS/c1-18-10-5-3-2-4-8(10)16-12(17)9-6-15-11(13)7-14-9/h6-8,10H,2-5H2,1H3,(H2,13,15)(H,16,17). The zero-order valence-corrected chi connectivity index (χ0v) is 11.2. The van der Waals surface area contributed by atoms with Crippen LogP contribution in [0, 0.1) is 0 Å². The van der Waals surface area contributed by atoms with E-state index < -0.39 is 0 Å². The third-order valence-corrected chi connectivity index (χ3v) is 4.40. The molecule has 18 heavy (non-hydrogen) atoms. The van der Waals surface area contributed by atoms with E-state index in [1.54, 1.807) is 0 Å². The van der Waals surface area contributed by atoms with Crippen molar-refractivity contribution < 1.29 is 4.79 Å². The number of thioether (sulfide) groups is 1. The fourth-order valence-corrected chi connectivity index (χ4v) is 3.18. The first-order chi connectivity index (χ1) is 8.70. The second-order valence-electron chi connectivity index (χ2n) is 4.47. The van der Waals surface area contributed by atoms with Gasteiger partial charge in [-0.05, 0) is 19.1 Å². The summed E-state index contributed by atoms with van der Waals surface area (Å²) >= 11 is 1.82. The first kappa shape index (κ1) is 13.1. The highest BCUT2D eigenvalue weighted by Gasteiger charge is 2.26. The van der Waals surface area contributed by atoms with Gasteiger partial charge in [-0.3, -0.25) is 4.79 Å². The predicted molar refractivity (Wildman–Crippen MR) is 73.5 cm³/mol. The van der Waals surface area contributed by atoms with Crippen molar-refractivity contribution in [2.24, 2.45) is 0 Å². The highest BCUT2D eigenvalue weighted by Crippen LogP contribution is 2.27. The summed E-state index contributed by atoms with van der Waals surface area (Å²) < 4.78 is 0. The molecule has 6 heteroatoms. The van der Waals surface area contributed by atoms with E-state index in [0.29, 0.717) is 16.8 Å². The van der Waals surface area contributed by atoms with Crippen molar-refractivity contribution in [3.05, 3.63) is 18.1 Å². The molecule has 1 amide bonds. The molecule has 3 N–H and O–H groups in total. The summed E-state index contributed by atoms with van der Waals surface area (Å²) in [6.45, 7) is 0. The van der Waals surface area contributed by atoms with E-state index in [-0.39, 0.29) is 11.9 Å². The number of nitrogens with two attached hydrogens (primary N) is 1. The Kier molecular flexibility index (Phi) is 4.41. The van der Waals surface area contributed by atoms with E-state index in [1.807, 2.05) is 11.8 Å². The average molecular weight is 266 g/mol. The van der Waals surface area contributed by atoms with Gasteiger partial charge in [0.25, 0.3) is 5.91 Å². The van der Waals surface area contributed by atoms with E-state index in [9.17, 15) is 4.79 Å². The van der Waals surface area contributed by atoms with Crippen molar-refractivity contribution in [1.29, 1.82) is 0 Å². The molecule has 1 heterocycles. The van der Waals surface area contributed by atoms with Gasteiger partial charge < -0.3 is 11.1 Å². The second-order valence-corrected chi connectivity index (χ2v) is 5.54. The number of aromatic nitrogens is 2. The third-order valence-electron chi connectivity index (χ3n) is 3.23. The molecule has 2 atom stereocenters. The summed E-state index contributed by atoms with van der Waals surface area (Å²) in [5.74, 6) is 0.166. The molecule has 2 rings (SSSR count). The minimum atomic E-state index is -0.159. The first-order valence-corrected chi connectivity index (χ1v) is 7.40. The van der Waals surface area contributed by atoms with Crippen molar-refractivity contribution in [2.75, 3.05) is 12.0 Å². The lowest BCUT2D eigenvalue weighted by Gasteiger charge is -2.30. The van der Waals surface area contributed by atoms with Crippen LogP contribution in [0.25, 0.3) is 0 Å². The molecular weight excluding hydrogens is 248 g/mol. The monoisotopic (exact) mass is 266 g/mol. The topological polar surface area (TPSA) is 80.9 Å². The van der Waals surface area contributed by atoms with Crippen LogP contribution in [0.5, 0.6) is 0 Å². The zero-order valence-electron chi connectivity index (χ0n) is 10.4. The zero-order chi connectivity index (χ0) is 13.0. The molecule has 0 spiro atoms. The third kappa shape index (κ3) is 3.13. The summed E-state index contributed by atoms with van der Waals surface area (Å²) in [5.41, 5.74) is 5.77. The molecule has 1 aliphatic carbocycles. The smallest absolute Gasteiger partial charge is 0.271 e. The summed E-state index contributed by atoms with van der Waals surface area (Å²) in [6.07, 6.45) is 9.55. The first-order valence-electron chi connectivity index (χ1n) is 6.12. The predicted octanol–water partition coefficient (Wildman–Crippen LogP) is 1.46. The van der Waals surface area contributed by atoms with Gasteiger partial charge in [0.1, 0.15) is 11.5 Å². The van der Waals surface area contributed by atoms with Crippen LogP contribution in [-0.2, 0) is 0 Å². The lowest BCUT2D eigenvalue weighted by Crippen LogP contribution is -2.43. The lowest BCUT2D eigenvalue weighted by atomic mass is 9.95. The number of anilines is 1. The molecule has 0 saturated heterocycles. The number of nitrogens with zero attached hydrogens (tertiary/aromatic N) is 2. The van der Waals surface area contributed by atoms with Crippen LogP contribution in [0.1, 0.15) is 36.2 Å². The maximum atomic E-state index is 12.0. The Labute approximate surface area is 111 Å². The van der Waals surface area contributed by atoms with E-state index in [2.05, 4.69) is 21.5 Å². The van der Waals surface area contributed by atoms with Gasteiger partial charge in [0, 0.05) is 11.3 Å². The molecule has 2 unspecified atom stereocenters. The Bertz CT molecular complexity index is 409. The van der Waals surface area contributed by atoms with Crippen LogP contribution in [0.2, 0.25) is 0 Å². The SMILES string of the molecule is CSC1CCCCC1NC(=O)c1cnc(N)cn1. The second kappa shape index (κ2) is 6.04. The van der Waals surface area contributed by atoms with E-state index in [0.717, 1.165) is 6.42 Å². The van der Waals surface area contributed by atoms with E-state index >= 15 is 0 Å². The van der Waals surface area contributed by atoms with E-state index in [1.165, 1.54) is 31.7 Å². The number of carbonyl (C=O) groups is 1. The fourth-order valence-electron chi connectivity index (χ4n) is 2.24. The molecule has 1 saturated carbocycles. The molecule has 1 aliphatic rings.